The van der Waals surface area contributed by atoms with Gasteiger partial charge in [0.2, 0.25) is 0 Å². The number of nitrogens with zero attached hydrogens (tertiary/aromatic N) is 1. The predicted octanol–water partition coefficient (Wildman–Crippen LogP) is 3.28. The molecular formula is C15H17NO2. The van der Waals surface area contributed by atoms with Crippen molar-refractivity contribution in [2.45, 2.75) is 26.7 Å². The van der Waals surface area contributed by atoms with Gasteiger partial charge in [-0.1, -0.05) is 38.1 Å². The molecule has 0 saturated carbocycles. The van der Waals surface area contributed by atoms with Crippen molar-refractivity contribution in [3.05, 3.63) is 41.0 Å². The average molecular weight is 243 g/mol. The second-order valence-corrected chi connectivity index (χ2v) is 4.21. The van der Waals surface area contributed by atoms with Gasteiger partial charge < -0.3 is 4.74 Å². The third-order valence-electron chi connectivity index (χ3n) is 2.53. The maximum Gasteiger partial charge on any atom is 0.348 e. The van der Waals surface area contributed by atoms with Gasteiger partial charge in [0.1, 0.15) is 11.6 Å². The van der Waals surface area contributed by atoms with Crippen molar-refractivity contribution in [2.24, 2.45) is 0 Å². The quantitative estimate of drug-likeness (QED) is 0.463. The van der Waals surface area contributed by atoms with Crippen molar-refractivity contribution in [3.8, 4) is 6.07 Å². The molecule has 0 aliphatic rings. The zero-order valence-electron chi connectivity index (χ0n) is 10.9. The first kappa shape index (κ1) is 14.0. The molecule has 3 nitrogen and oxygen atoms in total. The number of benzene rings is 1. The number of hydrogen-bond acceptors (Lipinski definition) is 3. The monoisotopic (exact) mass is 243 g/mol. The van der Waals surface area contributed by atoms with Crippen LogP contribution in [0.2, 0.25) is 0 Å². The highest BCUT2D eigenvalue weighted by Gasteiger charge is 2.09. The summed E-state index contributed by atoms with van der Waals surface area (Å²) in [5, 5.41) is 8.91. The zero-order chi connectivity index (χ0) is 13.5. The van der Waals surface area contributed by atoms with Crippen LogP contribution in [0.25, 0.3) is 6.08 Å². The molecule has 0 radical (unpaired) electrons. The second kappa shape index (κ2) is 6.61. The molecule has 0 spiro atoms. The predicted molar refractivity (Wildman–Crippen MR) is 70.8 cm³/mol. The normalized spacial score (nSPS) is 11.2. The number of rotatable bonds is 4. The van der Waals surface area contributed by atoms with E-state index in [1.54, 1.807) is 13.0 Å². The van der Waals surface area contributed by atoms with Gasteiger partial charge in [-0.15, -0.1) is 0 Å². The summed E-state index contributed by atoms with van der Waals surface area (Å²) in [6.07, 6.45) is 1.54. The topological polar surface area (TPSA) is 50.1 Å². The standard InChI is InChI=1S/C15H17NO2/c1-4-18-15(17)14(10-16)9-12-5-7-13(8-6-12)11(2)3/h5-9,11H,4H2,1-3H3. The van der Waals surface area contributed by atoms with Gasteiger partial charge in [0, 0.05) is 0 Å². The lowest BCUT2D eigenvalue weighted by molar-refractivity contribution is -0.137. The first-order valence-electron chi connectivity index (χ1n) is 5.97. The van der Waals surface area contributed by atoms with Gasteiger partial charge in [-0.2, -0.15) is 5.26 Å². The van der Waals surface area contributed by atoms with E-state index in [0.717, 1.165) is 5.56 Å². The summed E-state index contributed by atoms with van der Waals surface area (Å²) in [7, 11) is 0. The molecule has 0 saturated heterocycles. The summed E-state index contributed by atoms with van der Waals surface area (Å²) in [6, 6.07) is 9.64. The highest BCUT2D eigenvalue weighted by molar-refractivity contribution is 5.97. The van der Waals surface area contributed by atoms with E-state index < -0.39 is 5.97 Å². The van der Waals surface area contributed by atoms with Gasteiger partial charge in [-0.05, 0) is 30.0 Å². The maximum absolute atomic E-state index is 11.4. The molecule has 0 heterocycles. The van der Waals surface area contributed by atoms with Gasteiger partial charge in [0.15, 0.2) is 0 Å². The highest BCUT2D eigenvalue weighted by atomic mass is 16.5. The van der Waals surface area contributed by atoms with E-state index in [0.29, 0.717) is 5.92 Å². The van der Waals surface area contributed by atoms with Crippen molar-refractivity contribution < 1.29 is 9.53 Å². The summed E-state index contributed by atoms with van der Waals surface area (Å²) >= 11 is 0. The van der Waals surface area contributed by atoms with E-state index in [2.05, 4.69) is 13.8 Å². The van der Waals surface area contributed by atoms with Gasteiger partial charge in [-0.25, -0.2) is 4.79 Å². The second-order valence-electron chi connectivity index (χ2n) is 4.21. The third kappa shape index (κ3) is 3.74. The molecule has 1 aromatic rings. The highest BCUT2D eigenvalue weighted by Crippen LogP contribution is 2.16. The minimum atomic E-state index is -0.576. The van der Waals surface area contributed by atoms with Crippen LogP contribution in [0.4, 0.5) is 0 Å². The first-order chi connectivity index (χ1) is 8.58. The Hall–Kier alpha value is -2.08. The van der Waals surface area contributed by atoms with E-state index in [-0.39, 0.29) is 12.2 Å². The van der Waals surface area contributed by atoms with Crippen molar-refractivity contribution in [1.82, 2.24) is 0 Å². The minimum absolute atomic E-state index is 0.0224. The Morgan fingerprint density at radius 3 is 2.44 bits per heavy atom. The molecule has 0 fully saturated rings. The molecule has 0 bridgehead atoms. The lowest BCUT2D eigenvalue weighted by Gasteiger charge is -2.05. The van der Waals surface area contributed by atoms with Crippen molar-refractivity contribution in [1.29, 1.82) is 5.26 Å². The van der Waals surface area contributed by atoms with Crippen LogP contribution in [0.3, 0.4) is 0 Å². The van der Waals surface area contributed by atoms with Crippen LogP contribution < -0.4 is 0 Å². The number of ether oxygens (including phenoxy) is 1. The number of carbonyl (C=O) groups is 1. The van der Waals surface area contributed by atoms with Crippen molar-refractivity contribution in [2.75, 3.05) is 6.61 Å². The molecule has 0 atom stereocenters. The fourth-order valence-corrected chi connectivity index (χ4v) is 1.49. The van der Waals surface area contributed by atoms with Crippen LogP contribution in [-0.2, 0) is 9.53 Å². The third-order valence-corrected chi connectivity index (χ3v) is 2.53. The number of esters is 1. The van der Waals surface area contributed by atoms with Crippen LogP contribution in [0.5, 0.6) is 0 Å². The van der Waals surface area contributed by atoms with E-state index in [1.165, 1.54) is 5.56 Å². The Kier molecular flexibility index (Phi) is 5.13. The van der Waals surface area contributed by atoms with Crippen LogP contribution in [0, 0.1) is 11.3 Å². The van der Waals surface area contributed by atoms with Gasteiger partial charge in [-0.3, -0.25) is 0 Å². The smallest absolute Gasteiger partial charge is 0.348 e. The molecule has 94 valence electrons. The molecule has 18 heavy (non-hydrogen) atoms. The van der Waals surface area contributed by atoms with E-state index in [1.807, 2.05) is 30.3 Å². The molecule has 0 aliphatic heterocycles. The van der Waals surface area contributed by atoms with Gasteiger partial charge >= 0.3 is 5.97 Å². The van der Waals surface area contributed by atoms with E-state index >= 15 is 0 Å². The maximum atomic E-state index is 11.4. The molecule has 0 unspecified atom stereocenters. The number of carbonyl (C=O) groups excluding carboxylic acids is 1. The SMILES string of the molecule is CCOC(=O)C(C#N)=Cc1ccc(C(C)C)cc1. The van der Waals surface area contributed by atoms with Crippen LogP contribution in [0.15, 0.2) is 29.8 Å². The Balaban J connectivity index is 2.93. The molecule has 1 rings (SSSR count). The van der Waals surface area contributed by atoms with Crippen LogP contribution in [-0.4, -0.2) is 12.6 Å². The summed E-state index contributed by atoms with van der Waals surface area (Å²) in [5.74, 6) is -0.114. The van der Waals surface area contributed by atoms with Crippen LogP contribution in [0.1, 0.15) is 37.8 Å². The Morgan fingerprint density at radius 1 is 1.39 bits per heavy atom. The van der Waals surface area contributed by atoms with Gasteiger partial charge in [0.05, 0.1) is 6.61 Å². The average Bonchev–Trinajstić information content (AvgIpc) is 2.36. The summed E-state index contributed by atoms with van der Waals surface area (Å²) < 4.78 is 4.80. The van der Waals surface area contributed by atoms with Crippen molar-refractivity contribution in [3.63, 3.8) is 0 Å². The van der Waals surface area contributed by atoms with E-state index in [9.17, 15) is 4.79 Å². The Morgan fingerprint density at radius 2 is 2.00 bits per heavy atom. The van der Waals surface area contributed by atoms with E-state index in [4.69, 9.17) is 10.00 Å². The molecule has 0 aliphatic carbocycles. The summed E-state index contributed by atoms with van der Waals surface area (Å²) in [4.78, 5) is 11.4. The summed E-state index contributed by atoms with van der Waals surface area (Å²) in [5.41, 5.74) is 2.07. The molecule has 1 aromatic carbocycles. The molecule has 0 aromatic heterocycles. The summed E-state index contributed by atoms with van der Waals surface area (Å²) in [6.45, 7) is 6.21. The molecule has 3 heteroatoms. The zero-order valence-corrected chi connectivity index (χ0v) is 10.9. The number of hydrogen-bond donors (Lipinski definition) is 0. The lowest BCUT2D eigenvalue weighted by atomic mass is 10.0. The lowest BCUT2D eigenvalue weighted by Crippen LogP contribution is -2.05. The molecule has 0 N–H and O–H groups in total. The Labute approximate surface area is 108 Å². The molecule has 0 amide bonds. The van der Waals surface area contributed by atoms with Crippen LogP contribution >= 0.6 is 0 Å². The first-order valence-corrected chi connectivity index (χ1v) is 5.97. The number of nitriles is 1. The van der Waals surface area contributed by atoms with Crippen molar-refractivity contribution >= 4 is 12.0 Å². The largest absolute Gasteiger partial charge is 0.462 e. The fraction of sp³-hybridized carbons (Fsp3) is 0.333. The fourth-order valence-electron chi connectivity index (χ4n) is 1.49. The Bertz CT molecular complexity index is 478. The minimum Gasteiger partial charge on any atom is -0.462 e. The van der Waals surface area contributed by atoms with Gasteiger partial charge in [0.25, 0.3) is 0 Å². The molecular weight excluding hydrogens is 226 g/mol.